The van der Waals surface area contributed by atoms with Gasteiger partial charge in [-0.3, -0.25) is 9.69 Å². The Labute approximate surface area is 101 Å². The molecule has 0 spiro atoms. The number of rotatable bonds is 4. The zero-order valence-electron chi connectivity index (χ0n) is 10.2. The number of carbonyl (C=O) groups excluding carboxylic acids is 1. The molecule has 1 aliphatic rings. The number of hydrogen-bond acceptors (Lipinski definition) is 4. The van der Waals surface area contributed by atoms with Crippen molar-refractivity contribution in [1.82, 2.24) is 15.1 Å². The number of hydrogen-bond donors (Lipinski definition) is 1. The third kappa shape index (κ3) is 3.57. The molecule has 0 radical (unpaired) electrons. The van der Waals surface area contributed by atoms with Gasteiger partial charge < -0.3 is 14.6 Å². The molecule has 5 heteroatoms. The van der Waals surface area contributed by atoms with Crippen molar-refractivity contribution < 1.29 is 9.21 Å². The monoisotopic (exact) mass is 237 g/mol. The van der Waals surface area contributed by atoms with Crippen LogP contribution < -0.4 is 5.32 Å². The van der Waals surface area contributed by atoms with E-state index in [1.165, 1.54) is 6.26 Å². The zero-order chi connectivity index (χ0) is 12.1. The Morgan fingerprint density at radius 1 is 1.41 bits per heavy atom. The van der Waals surface area contributed by atoms with Crippen molar-refractivity contribution >= 4 is 5.91 Å². The lowest BCUT2D eigenvalue weighted by molar-refractivity contribution is 0.0913. The van der Waals surface area contributed by atoms with Crippen LogP contribution in [0.1, 0.15) is 10.6 Å². The summed E-state index contributed by atoms with van der Waals surface area (Å²) in [7, 11) is 2.13. The minimum atomic E-state index is -0.135. The molecule has 0 atom stereocenters. The van der Waals surface area contributed by atoms with E-state index in [0.717, 1.165) is 32.7 Å². The van der Waals surface area contributed by atoms with E-state index >= 15 is 0 Å². The molecule has 0 aromatic carbocycles. The van der Waals surface area contributed by atoms with E-state index in [-0.39, 0.29) is 5.91 Å². The quantitative estimate of drug-likeness (QED) is 0.816. The molecule has 0 bridgehead atoms. The standard InChI is InChI=1S/C12H19N3O2/c1-14-6-8-15(9-7-14)5-4-13-12(16)11-3-2-10-17-11/h2-3,10H,4-9H2,1H3,(H,13,16). The predicted octanol–water partition coefficient (Wildman–Crippen LogP) is 0.257. The minimum absolute atomic E-state index is 0.135. The van der Waals surface area contributed by atoms with Gasteiger partial charge in [0, 0.05) is 39.3 Å². The van der Waals surface area contributed by atoms with Gasteiger partial charge in [-0.05, 0) is 19.2 Å². The number of piperazine rings is 1. The van der Waals surface area contributed by atoms with Gasteiger partial charge >= 0.3 is 0 Å². The first-order valence-electron chi connectivity index (χ1n) is 5.98. The Balaban J connectivity index is 1.64. The molecule has 0 aliphatic carbocycles. The lowest BCUT2D eigenvalue weighted by Crippen LogP contribution is -2.46. The van der Waals surface area contributed by atoms with Gasteiger partial charge in [0.1, 0.15) is 0 Å². The highest BCUT2D eigenvalue weighted by molar-refractivity contribution is 5.91. The molecular weight excluding hydrogens is 218 g/mol. The average Bonchev–Trinajstić information content (AvgIpc) is 2.85. The molecule has 94 valence electrons. The van der Waals surface area contributed by atoms with Gasteiger partial charge in [0.05, 0.1) is 6.26 Å². The fourth-order valence-corrected chi connectivity index (χ4v) is 1.89. The highest BCUT2D eigenvalue weighted by atomic mass is 16.3. The van der Waals surface area contributed by atoms with Crippen LogP contribution in [-0.4, -0.2) is 62.0 Å². The Bertz CT molecular complexity index is 343. The van der Waals surface area contributed by atoms with Crippen LogP contribution in [0.3, 0.4) is 0 Å². The first-order chi connectivity index (χ1) is 8.25. The topological polar surface area (TPSA) is 48.7 Å². The number of carbonyl (C=O) groups is 1. The lowest BCUT2D eigenvalue weighted by atomic mass is 10.3. The Kier molecular flexibility index (Phi) is 4.17. The minimum Gasteiger partial charge on any atom is -0.459 e. The number of furan rings is 1. The largest absolute Gasteiger partial charge is 0.459 e. The average molecular weight is 237 g/mol. The van der Waals surface area contributed by atoms with E-state index in [1.54, 1.807) is 12.1 Å². The smallest absolute Gasteiger partial charge is 0.287 e. The molecule has 1 amide bonds. The summed E-state index contributed by atoms with van der Waals surface area (Å²) in [5.41, 5.74) is 0. The number of nitrogens with zero attached hydrogens (tertiary/aromatic N) is 2. The molecule has 0 saturated carbocycles. The highest BCUT2D eigenvalue weighted by Crippen LogP contribution is 2.00. The van der Waals surface area contributed by atoms with Crippen LogP contribution in [0.2, 0.25) is 0 Å². The molecule has 1 fully saturated rings. The Hall–Kier alpha value is -1.33. The van der Waals surface area contributed by atoms with Gasteiger partial charge in [-0.2, -0.15) is 0 Å². The fraction of sp³-hybridized carbons (Fsp3) is 0.583. The molecule has 2 rings (SSSR count). The normalized spacial score (nSPS) is 18.2. The summed E-state index contributed by atoms with van der Waals surface area (Å²) >= 11 is 0. The summed E-state index contributed by atoms with van der Waals surface area (Å²) in [6, 6.07) is 3.39. The summed E-state index contributed by atoms with van der Waals surface area (Å²) in [4.78, 5) is 16.2. The zero-order valence-corrected chi connectivity index (χ0v) is 10.2. The lowest BCUT2D eigenvalue weighted by Gasteiger charge is -2.32. The third-order valence-electron chi connectivity index (χ3n) is 3.05. The van der Waals surface area contributed by atoms with Gasteiger partial charge in [-0.1, -0.05) is 0 Å². The third-order valence-corrected chi connectivity index (χ3v) is 3.05. The molecule has 17 heavy (non-hydrogen) atoms. The van der Waals surface area contributed by atoms with E-state index in [1.807, 2.05) is 0 Å². The van der Waals surface area contributed by atoms with Crippen molar-refractivity contribution in [1.29, 1.82) is 0 Å². The van der Waals surface area contributed by atoms with Crippen LogP contribution in [0.25, 0.3) is 0 Å². The summed E-state index contributed by atoms with van der Waals surface area (Å²) in [5, 5.41) is 2.86. The maximum atomic E-state index is 11.6. The number of likely N-dealkylation sites (N-methyl/N-ethyl adjacent to an activating group) is 1. The Morgan fingerprint density at radius 3 is 2.82 bits per heavy atom. The second-order valence-electron chi connectivity index (χ2n) is 4.38. The van der Waals surface area contributed by atoms with E-state index in [0.29, 0.717) is 12.3 Å². The van der Waals surface area contributed by atoms with E-state index in [9.17, 15) is 4.79 Å². The van der Waals surface area contributed by atoms with Crippen molar-refractivity contribution in [3.63, 3.8) is 0 Å². The summed E-state index contributed by atoms with van der Waals surface area (Å²) in [6.45, 7) is 5.93. The van der Waals surface area contributed by atoms with Crippen LogP contribution in [0.4, 0.5) is 0 Å². The summed E-state index contributed by atoms with van der Waals surface area (Å²) in [6.07, 6.45) is 1.51. The molecule has 1 aliphatic heterocycles. The summed E-state index contributed by atoms with van der Waals surface area (Å²) in [5.74, 6) is 0.243. The maximum Gasteiger partial charge on any atom is 0.287 e. The van der Waals surface area contributed by atoms with Crippen molar-refractivity contribution in [3.05, 3.63) is 24.2 Å². The van der Waals surface area contributed by atoms with Crippen molar-refractivity contribution in [3.8, 4) is 0 Å². The van der Waals surface area contributed by atoms with Gasteiger partial charge in [0.2, 0.25) is 0 Å². The molecule has 1 aromatic heterocycles. The molecule has 1 aromatic rings. The van der Waals surface area contributed by atoms with Gasteiger partial charge in [0.25, 0.3) is 5.91 Å². The van der Waals surface area contributed by atoms with E-state index in [2.05, 4.69) is 22.2 Å². The van der Waals surface area contributed by atoms with Crippen LogP contribution in [0.5, 0.6) is 0 Å². The van der Waals surface area contributed by atoms with E-state index in [4.69, 9.17) is 4.42 Å². The Morgan fingerprint density at radius 2 is 2.18 bits per heavy atom. The van der Waals surface area contributed by atoms with Crippen molar-refractivity contribution in [2.45, 2.75) is 0 Å². The summed E-state index contributed by atoms with van der Waals surface area (Å²) < 4.78 is 5.02. The molecule has 5 nitrogen and oxygen atoms in total. The highest BCUT2D eigenvalue weighted by Gasteiger charge is 2.14. The molecule has 2 heterocycles. The van der Waals surface area contributed by atoms with E-state index < -0.39 is 0 Å². The number of nitrogens with one attached hydrogen (secondary N) is 1. The molecule has 1 N–H and O–H groups in total. The van der Waals surface area contributed by atoms with Gasteiger partial charge in [0.15, 0.2) is 5.76 Å². The molecule has 1 saturated heterocycles. The predicted molar refractivity (Wildman–Crippen MR) is 65.0 cm³/mol. The van der Waals surface area contributed by atoms with Crippen molar-refractivity contribution in [2.24, 2.45) is 0 Å². The first-order valence-corrected chi connectivity index (χ1v) is 5.98. The first kappa shape index (κ1) is 12.1. The molecular formula is C12H19N3O2. The molecule has 0 unspecified atom stereocenters. The SMILES string of the molecule is CN1CCN(CCNC(=O)c2ccco2)CC1. The van der Waals surface area contributed by atoms with Gasteiger partial charge in [-0.15, -0.1) is 0 Å². The van der Waals surface area contributed by atoms with Gasteiger partial charge in [-0.25, -0.2) is 0 Å². The maximum absolute atomic E-state index is 11.6. The van der Waals surface area contributed by atoms with Crippen LogP contribution in [-0.2, 0) is 0 Å². The second-order valence-corrected chi connectivity index (χ2v) is 4.38. The van der Waals surface area contributed by atoms with Crippen LogP contribution >= 0.6 is 0 Å². The fourth-order valence-electron chi connectivity index (χ4n) is 1.89. The van der Waals surface area contributed by atoms with Crippen LogP contribution in [0.15, 0.2) is 22.8 Å². The van der Waals surface area contributed by atoms with Crippen molar-refractivity contribution in [2.75, 3.05) is 46.3 Å². The second kappa shape index (κ2) is 5.84. The van der Waals surface area contributed by atoms with Crippen LogP contribution in [0, 0.1) is 0 Å². The number of amides is 1.